The van der Waals surface area contributed by atoms with Crippen LogP contribution in [0.1, 0.15) is 39.0 Å². The van der Waals surface area contributed by atoms with E-state index in [2.05, 4.69) is 0 Å². The van der Waals surface area contributed by atoms with Crippen LogP contribution in [0, 0.1) is 5.92 Å². The molecule has 0 radical (unpaired) electrons. The fraction of sp³-hybridized carbons (Fsp3) is 0.900. The van der Waals surface area contributed by atoms with Gasteiger partial charge in [0.2, 0.25) is 0 Å². The van der Waals surface area contributed by atoms with Gasteiger partial charge in [0.25, 0.3) is 0 Å². The summed E-state index contributed by atoms with van der Waals surface area (Å²) < 4.78 is 5.08. The Morgan fingerprint density at radius 1 is 1.46 bits per heavy atom. The lowest BCUT2D eigenvalue weighted by atomic mass is 9.90. The molecule has 0 aromatic heterocycles. The average Bonchev–Trinajstić information content (AvgIpc) is 2.15. The second-order valence-electron chi connectivity index (χ2n) is 3.92. The summed E-state index contributed by atoms with van der Waals surface area (Å²) in [6, 6.07) is -0.483. The van der Waals surface area contributed by atoms with Crippen LogP contribution in [0.2, 0.25) is 0 Å². The van der Waals surface area contributed by atoms with Gasteiger partial charge < -0.3 is 10.5 Å². The zero-order valence-electron chi connectivity index (χ0n) is 8.29. The van der Waals surface area contributed by atoms with Crippen LogP contribution in [0.15, 0.2) is 0 Å². The molecule has 76 valence electrons. The summed E-state index contributed by atoms with van der Waals surface area (Å²) in [5.41, 5.74) is 5.38. The first-order chi connectivity index (χ1) is 6.20. The molecule has 1 atom stereocenters. The third-order valence-electron chi connectivity index (χ3n) is 2.56. The largest absolute Gasteiger partial charge is 0.464 e. The lowest BCUT2D eigenvalue weighted by Gasteiger charge is -2.21. The van der Waals surface area contributed by atoms with E-state index >= 15 is 0 Å². The highest BCUT2D eigenvalue weighted by Crippen LogP contribution is 2.23. The van der Waals surface area contributed by atoms with Gasteiger partial charge >= 0.3 is 5.97 Å². The molecule has 0 aromatic carbocycles. The van der Waals surface area contributed by atoms with E-state index in [1.807, 2.05) is 0 Å². The number of rotatable bonds is 3. The Balaban J connectivity index is 2.13. The van der Waals surface area contributed by atoms with Gasteiger partial charge in [-0.15, -0.1) is 0 Å². The maximum Gasteiger partial charge on any atom is 0.322 e. The second-order valence-corrected chi connectivity index (χ2v) is 3.92. The Kier molecular flexibility index (Phi) is 4.22. The zero-order valence-corrected chi connectivity index (χ0v) is 8.29. The van der Waals surface area contributed by atoms with Crippen LogP contribution in [-0.4, -0.2) is 18.6 Å². The Morgan fingerprint density at radius 2 is 2.08 bits per heavy atom. The minimum absolute atomic E-state index is 0.273. The van der Waals surface area contributed by atoms with Gasteiger partial charge in [0.1, 0.15) is 6.04 Å². The Hall–Kier alpha value is -0.570. The molecule has 1 aliphatic carbocycles. The molecule has 0 saturated heterocycles. The number of hydrogen-bond donors (Lipinski definition) is 1. The van der Waals surface area contributed by atoms with Gasteiger partial charge in [0.05, 0.1) is 6.61 Å². The topological polar surface area (TPSA) is 52.3 Å². The van der Waals surface area contributed by atoms with Gasteiger partial charge in [0.15, 0.2) is 0 Å². The highest BCUT2D eigenvalue weighted by atomic mass is 16.5. The van der Waals surface area contributed by atoms with Crippen molar-refractivity contribution in [1.82, 2.24) is 0 Å². The monoisotopic (exact) mass is 185 g/mol. The summed E-state index contributed by atoms with van der Waals surface area (Å²) in [5.74, 6) is 0.307. The van der Waals surface area contributed by atoms with Crippen LogP contribution in [0.4, 0.5) is 0 Å². The molecule has 1 saturated carbocycles. The van der Waals surface area contributed by atoms with E-state index in [0.717, 1.165) is 0 Å². The van der Waals surface area contributed by atoms with Gasteiger partial charge in [-0.1, -0.05) is 19.3 Å². The molecule has 0 bridgehead atoms. The fourth-order valence-electron chi connectivity index (χ4n) is 1.69. The van der Waals surface area contributed by atoms with Crippen molar-refractivity contribution in [3.8, 4) is 0 Å². The molecule has 3 heteroatoms. The van der Waals surface area contributed by atoms with Gasteiger partial charge in [-0.05, 0) is 25.7 Å². The van der Waals surface area contributed by atoms with Crippen LogP contribution in [0.5, 0.6) is 0 Å². The number of nitrogens with two attached hydrogens (primary N) is 1. The number of hydrogen-bond acceptors (Lipinski definition) is 3. The summed E-state index contributed by atoms with van der Waals surface area (Å²) in [7, 11) is 0. The van der Waals surface area contributed by atoms with Gasteiger partial charge in [0, 0.05) is 0 Å². The van der Waals surface area contributed by atoms with Crippen LogP contribution in [0.3, 0.4) is 0 Å². The number of esters is 1. The molecule has 1 rings (SSSR count). The number of ether oxygens (including phenoxy) is 1. The van der Waals surface area contributed by atoms with Crippen LogP contribution in [-0.2, 0) is 9.53 Å². The van der Waals surface area contributed by atoms with E-state index in [1.54, 1.807) is 6.92 Å². The molecule has 0 aromatic rings. The van der Waals surface area contributed by atoms with Crippen molar-refractivity contribution in [1.29, 1.82) is 0 Å². The molecule has 1 fully saturated rings. The van der Waals surface area contributed by atoms with Crippen LogP contribution >= 0.6 is 0 Å². The van der Waals surface area contributed by atoms with Crippen molar-refractivity contribution >= 4 is 5.97 Å². The van der Waals surface area contributed by atoms with Crippen molar-refractivity contribution in [3.63, 3.8) is 0 Å². The van der Waals surface area contributed by atoms with Gasteiger partial charge in [-0.2, -0.15) is 0 Å². The quantitative estimate of drug-likeness (QED) is 0.677. The van der Waals surface area contributed by atoms with Crippen molar-refractivity contribution < 1.29 is 9.53 Å². The molecule has 1 aliphatic rings. The summed E-state index contributed by atoms with van der Waals surface area (Å²) in [6.07, 6.45) is 6.29. The van der Waals surface area contributed by atoms with Crippen LogP contribution in [0.25, 0.3) is 0 Å². The maximum absolute atomic E-state index is 11.0. The first-order valence-electron chi connectivity index (χ1n) is 5.12. The summed E-state index contributed by atoms with van der Waals surface area (Å²) >= 11 is 0. The Labute approximate surface area is 79.6 Å². The van der Waals surface area contributed by atoms with Crippen molar-refractivity contribution in [2.75, 3.05) is 6.61 Å². The minimum Gasteiger partial charge on any atom is -0.464 e. The number of carbonyl (C=O) groups is 1. The predicted molar refractivity (Wildman–Crippen MR) is 51.2 cm³/mol. The summed E-state index contributed by atoms with van der Waals surface area (Å²) in [5, 5.41) is 0. The van der Waals surface area contributed by atoms with Gasteiger partial charge in [-0.25, -0.2) is 0 Å². The van der Waals surface area contributed by atoms with E-state index in [0.29, 0.717) is 12.5 Å². The molecular formula is C10H19NO2. The first-order valence-corrected chi connectivity index (χ1v) is 5.12. The lowest BCUT2D eigenvalue weighted by Crippen LogP contribution is -2.30. The molecule has 13 heavy (non-hydrogen) atoms. The first kappa shape index (κ1) is 10.5. The fourth-order valence-corrected chi connectivity index (χ4v) is 1.69. The minimum atomic E-state index is -0.483. The molecule has 0 unspecified atom stereocenters. The van der Waals surface area contributed by atoms with Gasteiger partial charge in [-0.3, -0.25) is 4.79 Å². The highest BCUT2D eigenvalue weighted by Gasteiger charge is 2.16. The van der Waals surface area contributed by atoms with Crippen LogP contribution < -0.4 is 5.73 Å². The van der Waals surface area contributed by atoms with E-state index < -0.39 is 6.04 Å². The van der Waals surface area contributed by atoms with Crippen molar-refractivity contribution in [2.24, 2.45) is 11.7 Å². The molecular weight excluding hydrogens is 166 g/mol. The third kappa shape index (κ3) is 3.77. The smallest absolute Gasteiger partial charge is 0.322 e. The second kappa shape index (κ2) is 5.22. The molecule has 0 spiro atoms. The van der Waals surface area contributed by atoms with Crippen molar-refractivity contribution in [3.05, 3.63) is 0 Å². The molecule has 3 nitrogen and oxygen atoms in total. The van der Waals surface area contributed by atoms with Crippen molar-refractivity contribution in [2.45, 2.75) is 45.1 Å². The zero-order chi connectivity index (χ0) is 9.68. The normalized spacial score (nSPS) is 21.1. The van der Waals surface area contributed by atoms with E-state index in [4.69, 9.17) is 10.5 Å². The maximum atomic E-state index is 11.0. The SMILES string of the molecule is C[C@H](N)C(=O)OCC1CCCCC1. The average molecular weight is 185 g/mol. The van der Waals surface area contributed by atoms with E-state index in [-0.39, 0.29) is 5.97 Å². The molecule has 0 heterocycles. The lowest BCUT2D eigenvalue weighted by molar-refractivity contribution is -0.146. The molecule has 2 N–H and O–H groups in total. The van der Waals surface area contributed by atoms with E-state index in [1.165, 1.54) is 32.1 Å². The summed E-state index contributed by atoms with van der Waals surface area (Å²) in [6.45, 7) is 2.23. The summed E-state index contributed by atoms with van der Waals surface area (Å²) in [4.78, 5) is 11.0. The highest BCUT2D eigenvalue weighted by molar-refractivity contribution is 5.74. The number of carbonyl (C=O) groups excluding carboxylic acids is 1. The molecule has 0 amide bonds. The molecule has 0 aliphatic heterocycles. The van der Waals surface area contributed by atoms with E-state index in [9.17, 15) is 4.79 Å². The predicted octanol–water partition coefficient (Wildman–Crippen LogP) is 1.46. The Bertz CT molecular complexity index is 162. The Morgan fingerprint density at radius 3 is 2.62 bits per heavy atom. The standard InChI is InChI=1S/C10H19NO2/c1-8(11)10(12)13-7-9-5-3-2-4-6-9/h8-9H,2-7,11H2,1H3/t8-/m0/s1. The third-order valence-corrected chi connectivity index (χ3v) is 2.56.